The van der Waals surface area contributed by atoms with Crippen LogP contribution < -0.4 is 14.4 Å². The Hall–Kier alpha value is -3.02. The van der Waals surface area contributed by atoms with Gasteiger partial charge < -0.3 is 14.4 Å². The van der Waals surface area contributed by atoms with Crippen LogP contribution in [-0.2, 0) is 0 Å². The largest absolute Gasteiger partial charge is 0.486 e. The first-order valence-electron chi connectivity index (χ1n) is 9.36. The maximum absolute atomic E-state index is 13.3. The highest BCUT2D eigenvalue weighted by Crippen LogP contribution is 2.34. The van der Waals surface area contributed by atoms with Gasteiger partial charge >= 0.3 is 0 Å². The van der Waals surface area contributed by atoms with Crippen LogP contribution in [0.25, 0.3) is 6.08 Å². The van der Waals surface area contributed by atoms with Crippen LogP contribution in [0.4, 0.5) is 5.69 Å². The van der Waals surface area contributed by atoms with E-state index in [2.05, 4.69) is 4.98 Å². The van der Waals surface area contributed by atoms with Gasteiger partial charge in [-0.1, -0.05) is 65.7 Å². The number of pyridine rings is 1. The summed E-state index contributed by atoms with van der Waals surface area (Å²) in [6.07, 6.45) is 5.31. The van der Waals surface area contributed by atoms with Gasteiger partial charge in [0.05, 0.1) is 10.6 Å². The number of hydrogen-bond donors (Lipinski definition) is 0. The Bertz CT molecular complexity index is 1090. The molecule has 3 aromatic rings. The Balaban J connectivity index is 1.66. The van der Waals surface area contributed by atoms with Crippen molar-refractivity contribution in [2.45, 2.75) is 0 Å². The van der Waals surface area contributed by atoms with Crippen LogP contribution in [0.15, 0.2) is 66.9 Å². The highest BCUT2D eigenvalue weighted by molar-refractivity contribution is 6.41. The monoisotopic (exact) mass is 440 g/mol. The average molecular weight is 441 g/mol. The smallest absolute Gasteiger partial charge is 0.260 e. The van der Waals surface area contributed by atoms with Gasteiger partial charge in [0.1, 0.15) is 18.4 Å². The van der Waals surface area contributed by atoms with Gasteiger partial charge in [0.25, 0.3) is 5.91 Å². The summed E-state index contributed by atoms with van der Waals surface area (Å²) in [6, 6.07) is 16.8. The van der Waals surface area contributed by atoms with Gasteiger partial charge in [-0.2, -0.15) is 0 Å². The molecular weight excluding hydrogens is 423 g/mol. The third-order valence-electron chi connectivity index (χ3n) is 4.52. The van der Waals surface area contributed by atoms with E-state index in [0.717, 1.165) is 5.56 Å². The number of hydrogen-bond acceptors (Lipinski definition) is 4. The number of ether oxygens (including phenoxy) is 2. The zero-order valence-corrected chi connectivity index (χ0v) is 17.4. The molecule has 1 aliphatic rings. The topological polar surface area (TPSA) is 51.7 Å². The molecule has 0 unspecified atom stereocenters. The van der Waals surface area contributed by atoms with Crippen molar-refractivity contribution in [2.24, 2.45) is 0 Å². The molecule has 0 radical (unpaired) electrons. The predicted octanol–water partition coefficient (Wildman–Crippen LogP) is 5.52. The third-order valence-corrected chi connectivity index (χ3v) is 5.21. The van der Waals surface area contributed by atoms with Crippen molar-refractivity contribution in [1.82, 2.24) is 4.98 Å². The van der Waals surface area contributed by atoms with Crippen molar-refractivity contribution in [3.63, 3.8) is 0 Å². The molecule has 0 saturated carbocycles. The molecule has 0 saturated heterocycles. The van der Waals surface area contributed by atoms with Gasteiger partial charge in [0.2, 0.25) is 0 Å². The molecule has 30 heavy (non-hydrogen) atoms. The summed E-state index contributed by atoms with van der Waals surface area (Å²) < 4.78 is 11.3. The van der Waals surface area contributed by atoms with E-state index >= 15 is 0 Å². The molecule has 0 N–H and O–H groups in total. The fourth-order valence-electron chi connectivity index (χ4n) is 3.06. The molecule has 1 aromatic heterocycles. The summed E-state index contributed by atoms with van der Waals surface area (Å²) >= 11 is 12.0. The third kappa shape index (κ3) is 4.58. The Kier molecular flexibility index (Phi) is 6.21. The maximum atomic E-state index is 13.3. The molecule has 0 fully saturated rings. The number of carbonyl (C=O) groups is 1. The van der Waals surface area contributed by atoms with Crippen molar-refractivity contribution in [3.05, 3.63) is 88.2 Å². The molecule has 2 heterocycles. The second-order valence-corrected chi connectivity index (χ2v) is 7.32. The minimum atomic E-state index is -0.254. The molecule has 5 nitrogen and oxygen atoms in total. The van der Waals surface area contributed by atoms with Crippen molar-refractivity contribution >= 4 is 40.9 Å². The molecule has 0 atom stereocenters. The van der Waals surface area contributed by atoms with Crippen molar-refractivity contribution < 1.29 is 14.3 Å². The van der Waals surface area contributed by atoms with E-state index in [1.807, 2.05) is 48.6 Å². The molecule has 2 aromatic carbocycles. The molecule has 7 heteroatoms. The minimum absolute atomic E-state index is 0.156. The van der Waals surface area contributed by atoms with Crippen LogP contribution in [0.3, 0.4) is 0 Å². The Morgan fingerprint density at radius 2 is 1.80 bits per heavy atom. The number of nitrogens with zero attached hydrogens (tertiary/aromatic N) is 2. The number of amides is 1. The van der Waals surface area contributed by atoms with Crippen molar-refractivity contribution in [3.8, 4) is 11.5 Å². The highest BCUT2D eigenvalue weighted by Gasteiger charge is 2.21. The lowest BCUT2D eigenvalue weighted by atomic mass is 10.2. The standard InChI is InChI=1S/C23H18Cl2N2O3/c24-19-13-17(15-26-22(19)25)23(28)27(10-4-7-16-5-2-1-3-6-16)18-8-9-20-21(14-18)30-12-11-29-20/h1-9,13-15H,10-12H2/b7-4+. The number of anilines is 1. The Morgan fingerprint density at radius 1 is 1.03 bits per heavy atom. The van der Waals surface area contributed by atoms with E-state index in [4.69, 9.17) is 32.7 Å². The lowest BCUT2D eigenvalue weighted by molar-refractivity contribution is 0.0989. The summed E-state index contributed by atoms with van der Waals surface area (Å²) in [4.78, 5) is 18.9. The lowest BCUT2D eigenvalue weighted by Gasteiger charge is -2.24. The van der Waals surface area contributed by atoms with E-state index in [-0.39, 0.29) is 16.1 Å². The number of halogens is 2. The molecule has 152 valence electrons. The average Bonchev–Trinajstić information content (AvgIpc) is 2.78. The number of carbonyl (C=O) groups excluding carboxylic acids is 1. The minimum Gasteiger partial charge on any atom is -0.486 e. The molecule has 0 bridgehead atoms. The van der Waals surface area contributed by atoms with Gasteiger partial charge in [0, 0.05) is 24.5 Å². The van der Waals surface area contributed by atoms with Crippen molar-refractivity contribution in [1.29, 1.82) is 0 Å². The highest BCUT2D eigenvalue weighted by atomic mass is 35.5. The number of benzene rings is 2. The van der Waals surface area contributed by atoms with Gasteiger partial charge in [0.15, 0.2) is 11.5 Å². The molecule has 1 aliphatic heterocycles. The molecule has 4 rings (SSSR count). The molecule has 0 aliphatic carbocycles. The van der Waals surface area contributed by atoms with E-state index in [0.29, 0.717) is 42.5 Å². The lowest BCUT2D eigenvalue weighted by Crippen LogP contribution is -2.31. The van der Waals surface area contributed by atoms with Gasteiger partial charge in [-0.05, 0) is 23.8 Å². The fourth-order valence-corrected chi connectivity index (χ4v) is 3.33. The van der Waals surface area contributed by atoms with Crippen LogP contribution >= 0.6 is 23.2 Å². The summed E-state index contributed by atoms with van der Waals surface area (Å²) in [6.45, 7) is 1.31. The fraction of sp³-hybridized carbons (Fsp3) is 0.130. The summed E-state index contributed by atoms with van der Waals surface area (Å²) in [5.74, 6) is 1.01. The van der Waals surface area contributed by atoms with Crippen molar-refractivity contribution in [2.75, 3.05) is 24.7 Å². The van der Waals surface area contributed by atoms with Gasteiger partial charge in [-0.25, -0.2) is 4.98 Å². The first-order chi connectivity index (χ1) is 14.6. The van der Waals surface area contributed by atoms with Crippen LogP contribution in [-0.4, -0.2) is 30.6 Å². The maximum Gasteiger partial charge on any atom is 0.260 e. The van der Waals surface area contributed by atoms with Crippen LogP contribution in [0.5, 0.6) is 11.5 Å². The number of rotatable bonds is 5. The van der Waals surface area contributed by atoms with Crippen LogP contribution in [0, 0.1) is 0 Å². The van der Waals surface area contributed by atoms with E-state index < -0.39 is 0 Å². The molecule has 1 amide bonds. The number of fused-ring (bicyclic) bond motifs is 1. The predicted molar refractivity (Wildman–Crippen MR) is 119 cm³/mol. The zero-order chi connectivity index (χ0) is 20.9. The Morgan fingerprint density at radius 3 is 2.57 bits per heavy atom. The summed E-state index contributed by atoms with van der Waals surface area (Å²) in [7, 11) is 0. The second-order valence-electron chi connectivity index (χ2n) is 6.55. The van der Waals surface area contributed by atoms with Crippen LogP contribution in [0.2, 0.25) is 10.2 Å². The quantitative estimate of drug-likeness (QED) is 0.490. The van der Waals surface area contributed by atoms with E-state index in [1.165, 1.54) is 12.3 Å². The number of aromatic nitrogens is 1. The first-order valence-corrected chi connectivity index (χ1v) is 10.1. The van der Waals surface area contributed by atoms with E-state index in [9.17, 15) is 4.79 Å². The first kappa shape index (κ1) is 20.3. The van der Waals surface area contributed by atoms with Crippen LogP contribution in [0.1, 0.15) is 15.9 Å². The summed E-state index contributed by atoms with van der Waals surface area (Å²) in [5.41, 5.74) is 2.06. The summed E-state index contributed by atoms with van der Waals surface area (Å²) in [5, 5.41) is 0.382. The SMILES string of the molecule is O=C(c1cnc(Cl)c(Cl)c1)N(C/C=C/c1ccccc1)c1ccc2c(c1)OCCO2. The van der Waals surface area contributed by atoms with Gasteiger partial charge in [-0.15, -0.1) is 0 Å². The second kappa shape index (κ2) is 9.20. The van der Waals surface area contributed by atoms with Gasteiger partial charge in [-0.3, -0.25) is 4.79 Å². The molecule has 0 spiro atoms. The molecular formula is C23H18Cl2N2O3. The van der Waals surface area contributed by atoms with E-state index in [1.54, 1.807) is 17.0 Å². The Labute approximate surface area is 184 Å². The zero-order valence-electron chi connectivity index (χ0n) is 15.9. The normalized spacial score (nSPS) is 12.7.